The molecule has 152 valence electrons. The van der Waals surface area contributed by atoms with Gasteiger partial charge in [0.1, 0.15) is 11.9 Å². The van der Waals surface area contributed by atoms with E-state index in [0.717, 1.165) is 23.9 Å². The third-order valence-corrected chi connectivity index (χ3v) is 5.32. The van der Waals surface area contributed by atoms with Gasteiger partial charge in [0.25, 0.3) is 5.91 Å². The number of hydrogen-bond donors (Lipinski definition) is 1. The van der Waals surface area contributed by atoms with Gasteiger partial charge in [0.2, 0.25) is 5.90 Å². The van der Waals surface area contributed by atoms with Crippen molar-refractivity contribution in [1.82, 2.24) is 9.47 Å². The molecule has 6 heteroatoms. The molecule has 1 amide bonds. The van der Waals surface area contributed by atoms with E-state index >= 15 is 0 Å². The summed E-state index contributed by atoms with van der Waals surface area (Å²) in [4.78, 5) is 14.9. The summed E-state index contributed by atoms with van der Waals surface area (Å²) in [6.45, 7) is 8.28. The van der Waals surface area contributed by atoms with Crippen molar-refractivity contribution < 1.29 is 13.9 Å². The Morgan fingerprint density at radius 3 is 2.64 bits per heavy atom. The minimum atomic E-state index is -0.803. The topological polar surface area (TPSA) is 58.3 Å². The summed E-state index contributed by atoms with van der Waals surface area (Å²) < 4.78 is 20.9. The molecule has 1 aromatic heterocycles. The molecule has 0 saturated carbocycles. The monoisotopic (exact) mass is 387 g/mol. The number of fused-ring (bicyclic) bond motifs is 1. The van der Waals surface area contributed by atoms with E-state index in [0.29, 0.717) is 49.7 Å². The van der Waals surface area contributed by atoms with Crippen molar-refractivity contribution in [3.63, 3.8) is 0 Å². The third-order valence-electron chi connectivity index (χ3n) is 5.32. The second kappa shape index (κ2) is 8.76. The van der Waals surface area contributed by atoms with Crippen LogP contribution in [0.4, 0.5) is 4.39 Å². The maximum Gasteiger partial charge on any atom is 0.270 e. The number of halogens is 1. The van der Waals surface area contributed by atoms with E-state index in [9.17, 15) is 9.18 Å². The van der Waals surface area contributed by atoms with E-state index in [1.165, 1.54) is 0 Å². The third kappa shape index (κ3) is 4.37. The average molecular weight is 387 g/mol. The van der Waals surface area contributed by atoms with Crippen LogP contribution >= 0.6 is 0 Å². The van der Waals surface area contributed by atoms with Gasteiger partial charge in [-0.2, -0.15) is 0 Å². The molecule has 28 heavy (non-hydrogen) atoms. The Bertz CT molecular complexity index is 851. The predicted octanol–water partition coefficient (Wildman–Crippen LogP) is 4.62. The molecule has 1 aliphatic heterocycles. The van der Waals surface area contributed by atoms with Crippen LogP contribution in [-0.2, 0) is 11.3 Å². The molecular weight excluding hydrogens is 357 g/mol. The molecular formula is C22H30FN3O2. The number of carbonyl (C=O) groups is 1. The molecule has 0 aliphatic carbocycles. The molecule has 1 aliphatic rings. The summed E-state index contributed by atoms with van der Waals surface area (Å²) in [5, 5.41) is 9.05. The van der Waals surface area contributed by atoms with Gasteiger partial charge in [-0.05, 0) is 50.3 Å². The molecule has 2 aromatic rings. The van der Waals surface area contributed by atoms with Gasteiger partial charge >= 0.3 is 0 Å². The zero-order valence-corrected chi connectivity index (χ0v) is 17.0. The van der Waals surface area contributed by atoms with Crippen LogP contribution < -0.4 is 0 Å². The van der Waals surface area contributed by atoms with Gasteiger partial charge in [-0.25, -0.2) is 4.39 Å². The summed E-state index contributed by atoms with van der Waals surface area (Å²) in [7, 11) is 0. The number of aryl methyl sites for hydroxylation is 1. The van der Waals surface area contributed by atoms with Crippen molar-refractivity contribution in [3.8, 4) is 0 Å². The van der Waals surface area contributed by atoms with Crippen LogP contribution in [-0.4, -0.2) is 47.1 Å². The quantitative estimate of drug-likeness (QED) is 0.581. The van der Waals surface area contributed by atoms with E-state index in [1.54, 1.807) is 4.90 Å². The van der Waals surface area contributed by atoms with Gasteiger partial charge < -0.3 is 14.2 Å². The Balaban J connectivity index is 1.99. The molecule has 0 radical (unpaired) electrons. The molecule has 1 saturated heterocycles. The molecule has 0 bridgehead atoms. The Labute approximate surface area is 166 Å². The van der Waals surface area contributed by atoms with Gasteiger partial charge in [0.05, 0.1) is 6.61 Å². The van der Waals surface area contributed by atoms with Crippen LogP contribution in [0.25, 0.3) is 10.9 Å². The van der Waals surface area contributed by atoms with E-state index in [2.05, 4.69) is 18.4 Å². The van der Waals surface area contributed by atoms with Crippen molar-refractivity contribution in [3.05, 3.63) is 35.5 Å². The Morgan fingerprint density at radius 2 is 2.00 bits per heavy atom. The lowest BCUT2D eigenvalue weighted by Gasteiger charge is -2.29. The van der Waals surface area contributed by atoms with Gasteiger partial charge in [-0.3, -0.25) is 10.2 Å². The molecule has 0 unspecified atom stereocenters. The van der Waals surface area contributed by atoms with Crippen molar-refractivity contribution >= 4 is 22.7 Å². The number of alkyl halides is 1. The van der Waals surface area contributed by atoms with Crippen molar-refractivity contribution in [1.29, 1.82) is 5.41 Å². The molecule has 1 fully saturated rings. The molecule has 2 heterocycles. The normalized spacial score (nSPS) is 15.4. The largest absolute Gasteiger partial charge is 0.478 e. The SMILES string of the molecule is CCOC(=N)c1ccc2cc(C(=O)N3CCC(F)CC3)n(CCC(C)C)c2c1. The van der Waals surface area contributed by atoms with Crippen LogP contribution in [0.2, 0.25) is 0 Å². The Kier molecular flexibility index (Phi) is 6.37. The van der Waals surface area contributed by atoms with Crippen LogP contribution in [0, 0.1) is 11.3 Å². The highest BCUT2D eigenvalue weighted by atomic mass is 19.1. The van der Waals surface area contributed by atoms with Gasteiger partial charge in [-0.15, -0.1) is 0 Å². The van der Waals surface area contributed by atoms with E-state index in [-0.39, 0.29) is 11.8 Å². The number of nitrogens with zero attached hydrogens (tertiary/aromatic N) is 2. The number of hydrogen-bond acceptors (Lipinski definition) is 3. The Hall–Kier alpha value is -2.37. The van der Waals surface area contributed by atoms with E-state index in [4.69, 9.17) is 10.1 Å². The van der Waals surface area contributed by atoms with Crippen LogP contribution in [0.1, 0.15) is 56.1 Å². The second-order valence-corrected chi connectivity index (χ2v) is 7.87. The first-order valence-corrected chi connectivity index (χ1v) is 10.2. The van der Waals surface area contributed by atoms with E-state index < -0.39 is 6.17 Å². The first-order valence-electron chi connectivity index (χ1n) is 10.2. The zero-order valence-electron chi connectivity index (χ0n) is 17.0. The highest BCUT2D eigenvalue weighted by molar-refractivity contribution is 6.01. The maximum atomic E-state index is 13.5. The highest BCUT2D eigenvalue weighted by Gasteiger charge is 2.26. The fraction of sp³-hybridized carbons (Fsp3) is 0.545. The second-order valence-electron chi connectivity index (χ2n) is 7.87. The number of ether oxygens (including phenoxy) is 1. The molecule has 0 atom stereocenters. The fourth-order valence-corrected chi connectivity index (χ4v) is 3.64. The maximum absolute atomic E-state index is 13.5. The minimum Gasteiger partial charge on any atom is -0.478 e. The highest BCUT2D eigenvalue weighted by Crippen LogP contribution is 2.25. The van der Waals surface area contributed by atoms with Gasteiger partial charge in [0, 0.05) is 36.1 Å². The Morgan fingerprint density at radius 1 is 1.29 bits per heavy atom. The standard InChI is InChI=1S/C22H30FN3O2/c1-4-28-21(24)17-6-5-16-13-20(22(27)25-10-8-18(23)9-11-25)26(19(16)14-17)12-7-15(2)3/h5-6,13-15,18,24H,4,7-12H2,1-3H3. The number of carbonyl (C=O) groups excluding carboxylic acids is 1. The smallest absolute Gasteiger partial charge is 0.270 e. The number of rotatable bonds is 6. The van der Waals surface area contributed by atoms with E-state index in [1.807, 2.05) is 31.2 Å². The van der Waals surface area contributed by atoms with Crippen LogP contribution in [0.15, 0.2) is 24.3 Å². The number of aromatic nitrogens is 1. The summed E-state index contributed by atoms with van der Waals surface area (Å²) in [5.74, 6) is 0.611. The summed E-state index contributed by atoms with van der Waals surface area (Å²) in [6, 6.07) is 7.65. The molecule has 1 N–H and O–H groups in total. The summed E-state index contributed by atoms with van der Waals surface area (Å²) >= 11 is 0. The molecule has 5 nitrogen and oxygen atoms in total. The number of amides is 1. The van der Waals surface area contributed by atoms with Crippen molar-refractivity contribution in [2.45, 2.75) is 52.8 Å². The van der Waals surface area contributed by atoms with Gasteiger partial charge in [0.15, 0.2) is 0 Å². The zero-order chi connectivity index (χ0) is 20.3. The van der Waals surface area contributed by atoms with Crippen LogP contribution in [0.5, 0.6) is 0 Å². The predicted molar refractivity (Wildman–Crippen MR) is 110 cm³/mol. The first kappa shape index (κ1) is 20.4. The molecule has 0 spiro atoms. The number of likely N-dealkylation sites (tertiary alicyclic amines) is 1. The lowest BCUT2D eigenvalue weighted by molar-refractivity contribution is 0.0656. The molecule has 3 rings (SSSR count). The molecule has 1 aromatic carbocycles. The van der Waals surface area contributed by atoms with Crippen molar-refractivity contribution in [2.75, 3.05) is 19.7 Å². The fourth-order valence-electron chi connectivity index (χ4n) is 3.64. The number of piperidine rings is 1. The summed E-state index contributed by atoms with van der Waals surface area (Å²) in [5.41, 5.74) is 2.29. The number of benzene rings is 1. The first-order chi connectivity index (χ1) is 13.4. The van der Waals surface area contributed by atoms with Gasteiger partial charge in [-0.1, -0.05) is 19.9 Å². The van der Waals surface area contributed by atoms with Crippen LogP contribution in [0.3, 0.4) is 0 Å². The average Bonchev–Trinajstić information content (AvgIpc) is 3.04. The minimum absolute atomic E-state index is 0.0340. The lowest BCUT2D eigenvalue weighted by Crippen LogP contribution is -2.39. The summed E-state index contributed by atoms with van der Waals surface area (Å²) in [6.07, 6.45) is 0.966. The van der Waals surface area contributed by atoms with Crippen molar-refractivity contribution in [2.24, 2.45) is 5.92 Å². The number of nitrogens with one attached hydrogen (secondary N) is 1. The lowest BCUT2D eigenvalue weighted by atomic mass is 10.1.